The zero-order chi connectivity index (χ0) is 25.1. The quantitative estimate of drug-likeness (QED) is 0.547. The number of fused-ring (bicyclic) bond motifs is 2. The molecule has 1 unspecified atom stereocenters. The first-order valence-corrected chi connectivity index (χ1v) is 13.9. The van der Waals surface area contributed by atoms with Crippen molar-refractivity contribution in [3.63, 3.8) is 0 Å². The summed E-state index contributed by atoms with van der Waals surface area (Å²) in [5.74, 6) is -0.396. The van der Waals surface area contributed by atoms with E-state index in [2.05, 4.69) is 20.9 Å². The molecule has 1 aromatic heterocycles. The van der Waals surface area contributed by atoms with Gasteiger partial charge in [0.15, 0.2) is 0 Å². The van der Waals surface area contributed by atoms with Gasteiger partial charge in [0.2, 0.25) is 11.8 Å². The molecule has 2 aliphatic heterocycles. The third-order valence-electron chi connectivity index (χ3n) is 7.97. The summed E-state index contributed by atoms with van der Waals surface area (Å²) in [7, 11) is 0. The second kappa shape index (κ2) is 10.7. The highest BCUT2D eigenvalue weighted by molar-refractivity contribution is 7.11. The van der Waals surface area contributed by atoms with E-state index in [1.54, 1.807) is 12.4 Å². The summed E-state index contributed by atoms with van der Waals surface area (Å²) in [6.07, 6.45) is 8.78. The van der Waals surface area contributed by atoms with Gasteiger partial charge in [0, 0.05) is 24.6 Å². The number of hydrogen-bond donors (Lipinski definition) is 3. The molecule has 1 spiro atoms. The number of aromatic nitrogens is 1. The molecule has 9 heteroatoms. The average Bonchev–Trinajstić information content (AvgIpc) is 3.39. The van der Waals surface area contributed by atoms with E-state index in [4.69, 9.17) is 4.74 Å². The highest BCUT2D eigenvalue weighted by Crippen LogP contribution is 2.45. The number of hydrogen-bond acceptors (Lipinski definition) is 6. The van der Waals surface area contributed by atoms with Crippen molar-refractivity contribution in [3.05, 3.63) is 39.8 Å². The second-order valence-electron chi connectivity index (χ2n) is 10.2. The van der Waals surface area contributed by atoms with Gasteiger partial charge in [0.1, 0.15) is 10.9 Å². The Balaban J connectivity index is 1.36. The van der Waals surface area contributed by atoms with E-state index in [-0.39, 0.29) is 23.6 Å². The number of thiazole rings is 1. The zero-order valence-corrected chi connectivity index (χ0v) is 21.5. The standard InChI is InChI=1S/C27H34N4O4S/c1-17-23(36-16-28-17)25(33)31-22(18-7-5-3-2-4-6-8-18)24(32)29-19-9-10-20-21(15-19)30-26(34)27(20)11-13-35-14-12-27/h9-10,15-16,18,22H,2-8,11-14H2,1H3,(H,29,32)(H,30,34)(H,31,33). The minimum Gasteiger partial charge on any atom is -0.381 e. The van der Waals surface area contributed by atoms with Gasteiger partial charge in [-0.3, -0.25) is 14.4 Å². The van der Waals surface area contributed by atoms with Gasteiger partial charge < -0.3 is 20.7 Å². The van der Waals surface area contributed by atoms with E-state index in [0.29, 0.717) is 42.3 Å². The fourth-order valence-corrected chi connectivity index (χ4v) is 6.59. The van der Waals surface area contributed by atoms with Crippen LogP contribution in [-0.4, -0.2) is 42.0 Å². The monoisotopic (exact) mass is 510 g/mol. The lowest BCUT2D eigenvalue weighted by Crippen LogP contribution is -2.48. The van der Waals surface area contributed by atoms with Gasteiger partial charge in [-0.2, -0.15) is 0 Å². The Hall–Kier alpha value is -2.78. The van der Waals surface area contributed by atoms with E-state index >= 15 is 0 Å². The molecule has 1 atom stereocenters. The third kappa shape index (κ3) is 4.91. The minimum atomic E-state index is -0.637. The van der Waals surface area contributed by atoms with Crippen molar-refractivity contribution in [2.24, 2.45) is 5.92 Å². The molecule has 3 amide bonds. The average molecular weight is 511 g/mol. The van der Waals surface area contributed by atoms with Crippen LogP contribution in [-0.2, 0) is 19.7 Å². The number of nitrogens with one attached hydrogen (secondary N) is 3. The first-order chi connectivity index (χ1) is 17.5. The maximum absolute atomic E-state index is 13.6. The Bertz CT molecular complexity index is 1130. The maximum Gasteiger partial charge on any atom is 0.263 e. The van der Waals surface area contributed by atoms with Crippen molar-refractivity contribution < 1.29 is 19.1 Å². The van der Waals surface area contributed by atoms with Crippen LogP contribution in [0.5, 0.6) is 0 Å². The SMILES string of the molecule is Cc1ncsc1C(=O)NC(C(=O)Nc1ccc2c(c1)NC(=O)C21CCOCC1)C1CCCCCCC1. The first kappa shape index (κ1) is 24.9. The van der Waals surface area contributed by atoms with Crippen molar-refractivity contribution >= 4 is 40.4 Å². The van der Waals surface area contributed by atoms with Crippen molar-refractivity contribution in [1.29, 1.82) is 0 Å². The number of aryl methyl sites for hydroxylation is 1. The number of anilines is 2. The summed E-state index contributed by atoms with van der Waals surface area (Å²) in [5, 5.41) is 9.09. The van der Waals surface area contributed by atoms with Gasteiger partial charge >= 0.3 is 0 Å². The Kier molecular flexibility index (Phi) is 7.39. The number of rotatable bonds is 5. The fourth-order valence-electron chi connectivity index (χ4n) is 5.89. The smallest absolute Gasteiger partial charge is 0.263 e. The highest BCUT2D eigenvalue weighted by atomic mass is 32.1. The molecule has 36 heavy (non-hydrogen) atoms. The molecule has 3 aliphatic rings. The predicted molar refractivity (Wildman–Crippen MR) is 139 cm³/mol. The summed E-state index contributed by atoms with van der Waals surface area (Å²) in [6.45, 7) is 2.93. The van der Waals surface area contributed by atoms with Crippen LogP contribution in [0.15, 0.2) is 23.7 Å². The largest absolute Gasteiger partial charge is 0.381 e. The van der Waals surface area contributed by atoms with E-state index in [0.717, 1.165) is 49.8 Å². The molecule has 0 bridgehead atoms. The lowest BCUT2D eigenvalue weighted by molar-refractivity contribution is -0.124. The second-order valence-corrected chi connectivity index (χ2v) is 11.1. The van der Waals surface area contributed by atoms with Crippen LogP contribution in [0.4, 0.5) is 11.4 Å². The maximum atomic E-state index is 13.6. The minimum absolute atomic E-state index is 0.00358. The lowest BCUT2D eigenvalue weighted by Gasteiger charge is -2.31. The van der Waals surface area contributed by atoms with Crippen LogP contribution >= 0.6 is 11.3 Å². The first-order valence-electron chi connectivity index (χ1n) is 13.0. The molecule has 0 radical (unpaired) electrons. The Morgan fingerprint density at radius 1 is 1.14 bits per heavy atom. The molecule has 3 N–H and O–H groups in total. The van der Waals surface area contributed by atoms with Crippen LogP contribution < -0.4 is 16.0 Å². The molecule has 1 aliphatic carbocycles. The third-order valence-corrected chi connectivity index (χ3v) is 8.90. The number of carbonyl (C=O) groups is 3. The molecule has 1 aromatic carbocycles. The Labute approximate surface area is 215 Å². The van der Waals surface area contributed by atoms with Gasteiger partial charge in [-0.15, -0.1) is 11.3 Å². The molecule has 2 aromatic rings. The molecule has 3 heterocycles. The highest BCUT2D eigenvalue weighted by Gasteiger charge is 2.47. The van der Waals surface area contributed by atoms with Crippen LogP contribution in [0.1, 0.15) is 78.7 Å². The van der Waals surface area contributed by atoms with E-state index in [1.165, 1.54) is 17.8 Å². The van der Waals surface area contributed by atoms with Crippen LogP contribution in [0.25, 0.3) is 0 Å². The molecular formula is C27H34N4O4S. The summed E-state index contributed by atoms with van der Waals surface area (Å²) in [6, 6.07) is 5.00. The molecule has 1 saturated carbocycles. The summed E-state index contributed by atoms with van der Waals surface area (Å²) in [5.41, 5.74) is 4.11. The number of benzene rings is 1. The van der Waals surface area contributed by atoms with Gasteiger partial charge in [0.05, 0.1) is 16.6 Å². The van der Waals surface area contributed by atoms with Crippen molar-refractivity contribution in [1.82, 2.24) is 10.3 Å². The number of carbonyl (C=O) groups excluding carboxylic acids is 3. The van der Waals surface area contributed by atoms with Gasteiger partial charge in [-0.05, 0) is 56.2 Å². The van der Waals surface area contributed by atoms with Crippen LogP contribution in [0.3, 0.4) is 0 Å². The zero-order valence-electron chi connectivity index (χ0n) is 20.7. The lowest BCUT2D eigenvalue weighted by atomic mass is 9.75. The van der Waals surface area contributed by atoms with Gasteiger partial charge in [-0.1, -0.05) is 38.2 Å². The number of ether oxygens (including phenoxy) is 1. The topological polar surface area (TPSA) is 109 Å². The van der Waals surface area contributed by atoms with Crippen LogP contribution in [0, 0.1) is 12.8 Å². The molecule has 1 saturated heterocycles. The van der Waals surface area contributed by atoms with Crippen LogP contribution in [0.2, 0.25) is 0 Å². The number of nitrogens with zero attached hydrogens (tertiary/aromatic N) is 1. The van der Waals surface area contributed by atoms with Crippen molar-refractivity contribution in [2.75, 3.05) is 23.8 Å². The summed E-state index contributed by atoms with van der Waals surface area (Å²) in [4.78, 5) is 44.3. The van der Waals surface area contributed by atoms with E-state index < -0.39 is 11.5 Å². The van der Waals surface area contributed by atoms with Crippen molar-refractivity contribution in [3.8, 4) is 0 Å². The van der Waals surface area contributed by atoms with E-state index in [1.807, 2.05) is 18.2 Å². The van der Waals surface area contributed by atoms with E-state index in [9.17, 15) is 14.4 Å². The van der Waals surface area contributed by atoms with Crippen molar-refractivity contribution in [2.45, 2.75) is 76.2 Å². The molecule has 2 fully saturated rings. The Morgan fingerprint density at radius 2 is 1.86 bits per heavy atom. The molecule has 192 valence electrons. The summed E-state index contributed by atoms with van der Waals surface area (Å²) < 4.78 is 5.49. The fraction of sp³-hybridized carbons (Fsp3) is 0.556. The Morgan fingerprint density at radius 3 is 2.56 bits per heavy atom. The van der Waals surface area contributed by atoms with Gasteiger partial charge in [0.25, 0.3) is 5.91 Å². The number of amides is 3. The molecule has 5 rings (SSSR count). The molecule has 8 nitrogen and oxygen atoms in total. The van der Waals surface area contributed by atoms with Gasteiger partial charge in [-0.25, -0.2) is 4.98 Å². The normalized spacial score (nSPS) is 20.6. The molecular weight excluding hydrogens is 476 g/mol. The predicted octanol–water partition coefficient (Wildman–Crippen LogP) is 4.55. The summed E-state index contributed by atoms with van der Waals surface area (Å²) >= 11 is 1.29.